The number of para-hydroxylation sites is 1. The molecule has 0 saturated heterocycles. The van der Waals surface area contributed by atoms with Crippen LogP contribution in [0.1, 0.15) is 5.56 Å². The number of benzene rings is 2. The first-order valence-corrected chi connectivity index (χ1v) is 6.24. The Morgan fingerprint density at radius 1 is 1.05 bits per heavy atom. The number of rotatable bonds is 1. The maximum absolute atomic E-state index is 8.56. The zero-order valence-electron chi connectivity index (χ0n) is 10.2. The van der Waals surface area contributed by atoms with Gasteiger partial charge in [-0.05, 0) is 24.1 Å². The first-order chi connectivity index (χ1) is 8.52. The second-order valence-corrected chi connectivity index (χ2v) is 4.05. The van der Waals surface area contributed by atoms with Crippen LogP contribution in [-0.4, -0.2) is 13.3 Å². The van der Waals surface area contributed by atoms with E-state index >= 15 is 0 Å². The molecule has 0 bridgehead atoms. The van der Waals surface area contributed by atoms with Crippen molar-refractivity contribution in [1.82, 2.24) is 0 Å². The zero-order valence-corrected chi connectivity index (χ0v) is 12.6. The molecular formula is C13H14NO3PdS-. The molecule has 0 heterocycles. The molecule has 3 N–H and O–H groups in total. The van der Waals surface area contributed by atoms with Crippen LogP contribution in [0, 0.1) is 6.92 Å². The molecule has 0 aromatic heterocycles. The Kier molecular flexibility index (Phi) is 8.48. The maximum atomic E-state index is 8.56. The van der Waals surface area contributed by atoms with E-state index < -0.39 is 11.4 Å². The van der Waals surface area contributed by atoms with E-state index in [1.807, 2.05) is 30.3 Å². The van der Waals surface area contributed by atoms with E-state index in [2.05, 4.69) is 25.1 Å². The molecule has 2 aromatic rings. The van der Waals surface area contributed by atoms with Gasteiger partial charge in [0, 0.05) is 31.7 Å². The largest absolute Gasteiger partial charge is 0.750 e. The van der Waals surface area contributed by atoms with Gasteiger partial charge in [-0.2, -0.15) is 0 Å². The summed E-state index contributed by atoms with van der Waals surface area (Å²) in [6.07, 6.45) is 0. The van der Waals surface area contributed by atoms with E-state index in [1.54, 1.807) is 0 Å². The summed E-state index contributed by atoms with van der Waals surface area (Å²) >= 11 is -2.86. The molecule has 0 aliphatic rings. The smallest absolute Gasteiger partial charge is 0.0814 e. The van der Waals surface area contributed by atoms with E-state index in [-0.39, 0.29) is 20.4 Å². The van der Waals surface area contributed by atoms with Crippen molar-refractivity contribution >= 4 is 17.0 Å². The van der Waals surface area contributed by atoms with E-state index in [0.717, 1.165) is 11.3 Å². The van der Waals surface area contributed by atoms with Gasteiger partial charge in [-0.1, -0.05) is 42.5 Å². The number of anilines is 1. The van der Waals surface area contributed by atoms with Crippen LogP contribution in [0.2, 0.25) is 0 Å². The fraction of sp³-hybridized carbons (Fsp3) is 0.0769. The molecule has 1 atom stereocenters. The van der Waals surface area contributed by atoms with Gasteiger partial charge < -0.3 is 14.8 Å². The Labute approximate surface area is 128 Å². The van der Waals surface area contributed by atoms with E-state index in [4.69, 9.17) is 19.0 Å². The molecule has 0 aliphatic heterocycles. The number of aryl methyl sites for hydroxylation is 1. The van der Waals surface area contributed by atoms with Crippen molar-refractivity contribution in [2.45, 2.75) is 6.92 Å². The molecule has 0 fully saturated rings. The summed E-state index contributed by atoms with van der Waals surface area (Å²) in [6.45, 7) is 2.10. The summed E-state index contributed by atoms with van der Waals surface area (Å²) in [7, 11) is 0. The van der Waals surface area contributed by atoms with Crippen LogP contribution >= 0.6 is 0 Å². The fourth-order valence-corrected chi connectivity index (χ4v) is 1.62. The number of hydrogen-bond donors (Lipinski definition) is 2. The van der Waals surface area contributed by atoms with Crippen molar-refractivity contribution in [2.24, 2.45) is 0 Å². The molecule has 2 rings (SSSR count). The number of hydrogen-bond acceptors (Lipinski definition) is 3. The third kappa shape index (κ3) is 6.10. The average Bonchev–Trinajstić information content (AvgIpc) is 2.30. The van der Waals surface area contributed by atoms with Crippen LogP contribution in [0.5, 0.6) is 0 Å². The first kappa shape index (κ1) is 18.0. The molecule has 0 radical (unpaired) electrons. The Hall–Kier alpha value is -1.03. The standard InChI is InChI=1S/C13H13N.H2O3S.Pd/c1-10-6-2-3-7-11(10)12-8-4-5-9-13(12)14;1-4(2)3;/h2-9H,14H2,1H3;(H2,1,2,3);/p-1. The second kappa shape index (κ2) is 8.97. The van der Waals surface area contributed by atoms with Crippen LogP contribution in [0.15, 0.2) is 48.5 Å². The molecule has 106 valence electrons. The molecule has 0 amide bonds. The normalized spacial score (nSPS) is 10.7. The van der Waals surface area contributed by atoms with Gasteiger partial charge in [-0.15, -0.1) is 0 Å². The third-order valence-corrected chi connectivity index (χ3v) is 2.40. The van der Waals surface area contributed by atoms with Crippen LogP contribution < -0.4 is 5.73 Å². The summed E-state index contributed by atoms with van der Waals surface area (Å²) in [5.74, 6) is 0. The maximum Gasteiger partial charge on any atom is 0.0814 e. The number of nitrogens with two attached hydrogens (primary N) is 1. The minimum absolute atomic E-state index is 0. The molecule has 1 unspecified atom stereocenters. The molecule has 0 aliphatic carbocycles. The molecule has 0 spiro atoms. The quantitative estimate of drug-likeness (QED) is 0.459. The zero-order chi connectivity index (χ0) is 13.5. The van der Waals surface area contributed by atoms with Gasteiger partial charge in [0.05, 0.1) is 11.4 Å². The molecule has 2 aromatic carbocycles. The van der Waals surface area contributed by atoms with Gasteiger partial charge in [0.25, 0.3) is 0 Å². The van der Waals surface area contributed by atoms with Crippen molar-refractivity contribution in [3.05, 3.63) is 54.1 Å². The van der Waals surface area contributed by atoms with Crippen molar-refractivity contribution < 1.29 is 33.7 Å². The minimum atomic E-state index is -2.86. The summed E-state index contributed by atoms with van der Waals surface area (Å²) in [5.41, 5.74) is 10.3. The Morgan fingerprint density at radius 3 is 1.95 bits per heavy atom. The van der Waals surface area contributed by atoms with Crippen LogP contribution in [0.3, 0.4) is 0 Å². The Balaban J connectivity index is 0.000000576. The van der Waals surface area contributed by atoms with Crippen LogP contribution in [0.25, 0.3) is 11.1 Å². The molecule has 4 nitrogen and oxygen atoms in total. The van der Waals surface area contributed by atoms with E-state index in [0.29, 0.717) is 0 Å². The van der Waals surface area contributed by atoms with Crippen molar-refractivity contribution in [2.75, 3.05) is 5.73 Å². The molecule has 6 heteroatoms. The predicted molar refractivity (Wildman–Crippen MR) is 72.6 cm³/mol. The molecule has 0 saturated carbocycles. The topological polar surface area (TPSA) is 86.4 Å². The van der Waals surface area contributed by atoms with E-state index in [9.17, 15) is 0 Å². The average molecular weight is 371 g/mol. The molecular weight excluding hydrogens is 357 g/mol. The Morgan fingerprint density at radius 2 is 1.47 bits per heavy atom. The summed E-state index contributed by atoms with van der Waals surface area (Å²) in [6, 6.07) is 16.2. The first-order valence-electron chi connectivity index (χ1n) is 5.21. The van der Waals surface area contributed by atoms with Crippen LogP contribution in [-0.2, 0) is 31.8 Å². The van der Waals surface area contributed by atoms with Gasteiger partial charge in [0.1, 0.15) is 0 Å². The Bertz CT molecular complexity index is 501. The SMILES string of the molecule is Cc1ccccc1-c1ccccc1N.O=S([O-])O.[Pd]. The van der Waals surface area contributed by atoms with Gasteiger partial charge in [0.2, 0.25) is 0 Å². The summed E-state index contributed by atoms with van der Waals surface area (Å²) in [5, 5.41) is 0. The van der Waals surface area contributed by atoms with Crippen LogP contribution in [0.4, 0.5) is 5.69 Å². The third-order valence-electron chi connectivity index (χ3n) is 2.40. The van der Waals surface area contributed by atoms with Crippen molar-refractivity contribution in [3.63, 3.8) is 0 Å². The van der Waals surface area contributed by atoms with Gasteiger partial charge in [-0.25, -0.2) is 4.21 Å². The predicted octanol–water partition coefficient (Wildman–Crippen LogP) is 2.58. The van der Waals surface area contributed by atoms with Gasteiger partial charge >= 0.3 is 0 Å². The summed E-state index contributed by atoms with van der Waals surface area (Å²) in [4.78, 5) is 0. The van der Waals surface area contributed by atoms with Gasteiger partial charge in [0.15, 0.2) is 0 Å². The molecule has 19 heavy (non-hydrogen) atoms. The number of nitrogen functional groups attached to an aromatic ring is 1. The second-order valence-electron chi connectivity index (χ2n) is 3.62. The minimum Gasteiger partial charge on any atom is -0.750 e. The van der Waals surface area contributed by atoms with Crippen molar-refractivity contribution in [1.29, 1.82) is 0 Å². The van der Waals surface area contributed by atoms with E-state index in [1.165, 1.54) is 11.1 Å². The summed E-state index contributed by atoms with van der Waals surface area (Å²) < 4.78 is 24.1. The van der Waals surface area contributed by atoms with Gasteiger partial charge in [-0.3, -0.25) is 0 Å². The van der Waals surface area contributed by atoms with Crippen molar-refractivity contribution in [3.8, 4) is 11.1 Å². The fourth-order valence-electron chi connectivity index (χ4n) is 1.62. The monoisotopic (exact) mass is 370 g/mol.